The first-order valence-electron chi connectivity index (χ1n) is 16.5. The van der Waals surface area contributed by atoms with Crippen LogP contribution in [0, 0.1) is 0 Å². The van der Waals surface area contributed by atoms with Gasteiger partial charge in [0.15, 0.2) is 0 Å². The highest BCUT2D eigenvalue weighted by atomic mass is 15.1. The van der Waals surface area contributed by atoms with Crippen LogP contribution in [0.25, 0.3) is 11.1 Å². The Morgan fingerprint density at radius 2 is 0.520 bits per heavy atom. The fourth-order valence-corrected chi connectivity index (χ4v) is 5.91. The molecule has 6 heteroatoms. The first kappa shape index (κ1) is 33.5. The maximum Gasteiger partial charge on any atom is 0.0622 e. The lowest BCUT2D eigenvalue weighted by Gasteiger charge is -2.26. The lowest BCUT2D eigenvalue weighted by Crippen LogP contribution is -2.22. The maximum atomic E-state index is 4.05. The van der Waals surface area contributed by atoms with E-state index in [2.05, 4.69) is 154 Å². The van der Waals surface area contributed by atoms with Crippen LogP contribution in [-0.2, 0) is 26.2 Å². The summed E-state index contributed by atoms with van der Waals surface area (Å²) in [6.07, 6.45) is 0. The van der Waals surface area contributed by atoms with E-state index in [1.807, 2.05) is 48.5 Å². The van der Waals surface area contributed by atoms with Crippen LogP contribution in [0.15, 0.2) is 166 Å². The number of anilines is 2. The van der Waals surface area contributed by atoms with Crippen LogP contribution in [0.3, 0.4) is 0 Å². The molecule has 0 N–H and O–H groups in total. The molecule has 0 aliphatic rings. The first-order chi connectivity index (χ1) is 24.5. The summed E-state index contributed by atoms with van der Waals surface area (Å²) >= 11 is 0. The van der Waals surface area contributed by atoms with Crippen LogP contribution in [-0.4, -0.2) is 26.9 Å². The summed E-state index contributed by atoms with van der Waals surface area (Å²) in [4.78, 5) is 20.9. The molecule has 50 heavy (non-hydrogen) atoms. The molecule has 6 rings (SSSR count). The molecule has 6 aromatic carbocycles. The smallest absolute Gasteiger partial charge is 0.0622 e. The van der Waals surface area contributed by atoms with Crippen LogP contribution in [0.2, 0.25) is 0 Å². The molecule has 0 unspecified atom stereocenters. The van der Waals surface area contributed by atoms with E-state index < -0.39 is 0 Å². The van der Waals surface area contributed by atoms with Gasteiger partial charge in [-0.3, -0.25) is 20.0 Å². The van der Waals surface area contributed by atoms with E-state index >= 15 is 0 Å². The number of rotatable bonds is 15. The Morgan fingerprint density at radius 3 is 0.720 bits per heavy atom. The second kappa shape index (κ2) is 16.1. The largest absolute Gasteiger partial charge is 0.363 e. The Morgan fingerprint density at radius 1 is 0.300 bits per heavy atom. The van der Waals surface area contributed by atoms with E-state index in [9.17, 15) is 0 Å². The Balaban J connectivity index is 1.23. The minimum absolute atomic E-state index is 0.752. The van der Waals surface area contributed by atoms with Gasteiger partial charge in [0.25, 0.3) is 0 Å². The summed E-state index contributed by atoms with van der Waals surface area (Å²) < 4.78 is 0. The molecule has 0 radical (unpaired) electrons. The van der Waals surface area contributed by atoms with Gasteiger partial charge in [0.1, 0.15) is 0 Å². The number of nitrogens with zero attached hydrogens (tertiary/aromatic N) is 6. The van der Waals surface area contributed by atoms with Crippen LogP contribution in [0.5, 0.6) is 0 Å². The standard InChI is InChI=1S/C44H40N6/c1-45-39-17-5-33(6-18-39)29-49(30-34-7-19-40(46-2)20-8-34)43-25-13-37(14-26-43)38-15-27-44(28-16-38)50(31-35-9-21-41(47-3)22-10-35)32-36-11-23-42(48-4)24-12-36/h5-28H,1-4,29-32H2. The number of benzene rings is 6. The van der Waals surface area contributed by atoms with Crippen molar-refractivity contribution in [1.29, 1.82) is 0 Å². The number of hydrogen-bond acceptors (Lipinski definition) is 6. The second-order valence-electron chi connectivity index (χ2n) is 12.1. The number of aliphatic imine (C=N–C) groups is 4. The van der Waals surface area contributed by atoms with Crippen LogP contribution < -0.4 is 9.80 Å². The van der Waals surface area contributed by atoms with Gasteiger partial charge in [-0.05, 0) is 133 Å². The molecule has 0 saturated carbocycles. The molecule has 0 fully saturated rings. The molecule has 0 heterocycles. The average molecular weight is 653 g/mol. The zero-order valence-electron chi connectivity index (χ0n) is 28.2. The molecule has 246 valence electrons. The van der Waals surface area contributed by atoms with Crippen LogP contribution in [0.4, 0.5) is 34.1 Å². The van der Waals surface area contributed by atoms with Crippen molar-refractivity contribution in [2.75, 3.05) is 9.80 Å². The molecular weight excluding hydrogens is 613 g/mol. The van der Waals surface area contributed by atoms with Gasteiger partial charge < -0.3 is 9.80 Å². The third-order valence-electron chi connectivity index (χ3n) is 8.77. The minimum atomic E-state index is 0.752. The van der Waals surface area contributed by atoms with E-state index in [-0.39, 0.29) is 0 Å². The molecule has 6 nitrogen and oxygen atoms in total. The molecule has 0 saturated heterocycles. The monoisotopic (exact) mass is 652 g/mol. The fraction of sp³-hybridized carbons (Fsp3) is 0.0909. The molecule has 0 bridgehead atoms. The van der Waals surface area contributed by atoms with Gasteiger partial charge in [-0.25, -0.2) is 0 Å². The second-order valence-corrected chi connectivity index (χ2v) is 12.1. The molecular formula is C44H40N6. The molecule has 0 amide bonds. The fourth-order valence-electron chi connectivity index (χ4n) is 5.91. The number of hydrogen-bond donors (Lipinski definition) is 0. The Labute approximate surface area is 295 Å². The summed E-state index contributed by atoms with van der Waals surface area (Å²) in [7, 11) is 0. The van der Waals surface area contributed by atoms with E-state index in [1.165, 1.54) is 22.3 Å². The van der Waals surface area contributed by atoms with Gasteiger partial charge >= 0.3 is 0 Å². The van der Waals surface area contributed by atoms with Gasteiger partial charge in [-0.15, -0.1) is 0 Å². The highest BCUT2D eigenvalue weighted by molar-refractivity contribution is 5.69. The van der Waals surface area contributed by atoms with Crippen molar-refractivity contribution in [2.24, 2.45) is 20.0 Å². The van der Waals surface area contributed by atoms with Crippen molar-refractivity contribution < 1.29 is 0 Å². The normalized spacial score (nSPS) is 10.6. The van der Waals surface area contributed by atoms with Gasteiger partial charge in [0.05, 0.1) is 22.7 Å². The lowest BCUT2D eigenvalue weighted by molar-refractivity contribution is 0.800. The zero-order valence-corrected chi connectivity index (χ0v) is 28.2. The summed E-state index contributed by atoms with van der Waals surface area (Å²) in [5.41, 5.74) is 12.9. The van der Waals surface area contributed by atoms with Crippen molar-refractivity contribution in [3.05, 3.63) is 168 Å². The maximum absolute atomic E-state index is 4.05. The predicted molar refractivity (Wildman–Crippen MR) is 214 cm³/mol. The van der Waals surface area contributed by atoms with Gasteiger partial charge in [-0.2, -0.15) is 0 Å². The van der Waals surface area contributed by atoms with E-state index in [4.69, 9.17) is 0 Å². The summed E-state index contributed by atoms with van der Waals surface area (Å²) in [6, 6.07) is 50.6. The Kier molecular flexibility index (Phi) is 10.8. The summed E-state index contributed by atoms with van der Waals surface area (Å²) in [6.45, 7) is 17.6. The summed E-state index contributed by atoms with van der Waals surface area (Å²) in [5, 5.41) is 0. The first-order valence-corrected chi connectivity index (χ1v) is 16.5. The van der Waals surface area contributed by atoms with Crippen molar-refractivity contribution in [1.82, 2.24) is 0 Å². The molecule has 0 atom stereocenters. The van der Waals surface area contributed by atoms with E-state index in [0.29, 0.717) is 0 Å². The highest BCUT2D eigenvalue weighted by Crippen LogP contribution is 2.30. The van der Waals surface area contributed by atoms with E-state index in [1.54, 1.807) is 0 Å². The van der Waals surface area contributed by atoms with Gasteiger partial charge in [0.2, 0.25) is 0 Å². The van der Waals surface area contributed by atoms with Crippen molar-refractivity contribution in [2.45, 2.75) is 26.2 Å². The topological polar surface area (TPSA) is 55.9 Å². The minimum Gasteiger partial charge on any atom is -0.363 e. The zero-order chi connectivity index (χ0) is 34.7. The molecule has 0 aromatic heterocycles. The molecule has 6 aromatic rings. The SMILES string of the molecule is C=Nc1ccc(CN(Cc2ccc(N=C)cc2)c2ccc(-c3ccc(N(Cc4ccc(N=C)cc4)Cc4ccc(N=C)cc4)cc3)cc2)cc1. The van der Waals surface area contributed by atoms with E-state index in [0.717, 1.165) is 71.4 Å². The van der Waals surface area contributed by atoms with Gasteiger partial charge in [-0.1, -0.05) is 72.8 Å². The van der Waals surface area contributed by atoms with Crippen molar-refractivity contribution >= 4 is 61.0 Å². The highest BCUT2D eigenvalue weighted by Gasteiger charge is 2.12. The summed E-state index contributed by atoms with van der Waals surface area (Å²) in [5.74, 6) is 0. The third kappa shape index (κ3) is 8.54. The van der Waals surface area contributed by atoms with Crippen molar-refractivity contribution in [3.63, 3.8) is 0 Å². The van der Waals surface area contributed by atoms with Crippen LogP contribution in [0.1, 0.15) is 22.3 Å². The van der Waals surface area contributed by atoms with Gasteiger partial charge in [0, 0.05) is 37.6 Å². The Hall–Kier alpha value is -6.40. The van der Waals surface area contributed by atoms with Crippen LogP contribution >= 0.6 is 0 Å². The lowest BCUT2D eigenvalue weighted by atomic mass is 10.0. The molecule has 0 aliphatic carbocycles. The molecule has 0 aliphatic heterocycles. The Bertz CT molecular complexity index is 1770. The quantitative estimate of drug-likeness (QED) is 0.104. The average Bonchev–Trinajstić information content (AvgIpc) is 3.18. The van der Waals surface area contributed by atoms with Crippen molar-refractivity contribution in [3.8, 4) is 11.1 Å². The predicted octanol–water partition coefficient (Wildman–Crippen LogP) is 11.1. The molecule has 0 spiro atoms. The third-order valence-corrected chi connectivity index (χ3v) is 8.77.